The second-order valence-electron chi connectivity index (χ2n) is 6.52. The van der Waals surface area contributed by atoms with Crippen LogP contribution in [0.5, 0.6) is 5.75 Å². The van der Waals surface area contributed by atoms with Gasteiger partial charge in [-0.1, -0.05) is 5.16 Å². The monoisotopic (exact) mass is 431 g/mol. The molecule has 3 rings (SSSR count). The minimum atomic E-state index is -4.45. The first kappa shape index (κ1) is 21.9. The highest BCUT2D eigenvalue weighted by Gasteiger charge is 2.30. The second-order valence-corrected chi connectivity index (χ2v) is 6.52. The predicted octanol–water partition coefficient (Wildman–Crippen LogP) is 5.49. The van der Waals surface area contributed by atoms with E-state index in [9.17, 15) is 18.0 Å². The Morgan fingerprint density at radius 1 is 1.10 bits per heavy atom. The second kappa shape index (κ2) is 9.38. The molecule has 162 valence electrons. The fourth-order valence-electron chi connectivity index (χ4n) is 2.65. The first-order valence-corrected chi connectivity index (χ1v) is 9.38. The van der Waals surface area contributed by atoms with Gasteiger partial charge in [-0.2, -0.15) is 13.2 Å². The van der Waals surface area contributed by atoms with Crippen molar-refractivity contribution >= 4 is 22.9 Å². The quantitative estimate of drug-likeness (QED) is 0.484. The van der Waals surface area contributed by atoms with Crippen LogP contribution in [-0.4, -0.2) is 17.7 Å². The lowest BCUT2D eigenvalue weighted by atomic mass is 10.1. The number of nitrogens with one attached hydrogen (secondary N) is 2. The largest absolute Gasteiger partial charge is 0.494 e. The van der Waals surface area contributed by atoms with Crippen LogP contribution in [0.4, 0.5) is 24.5 Å². The molecule has 1 aromatic heterocycles. The minimum Gasteiger partial charge on any atom is -0.494 e. The van der Waals surface area contributed by atoms with Crippen LogP contribution < -0.4 is 15.4 Å². The number of hydrogen-bond acceptors (Lipinski definition) is 5. The lowest BCUT2D eigenvalue weighted by Crippen LogP contribution is -2.15. The van der Waals surface area contributed by atoms with Crippen molar-refractivity contribution in [2.45, 2.75) is 20.0 Å². The number of anilines is 2. The zero-order valence-corrected chi connectivity index (χ0v) is 16.8. The molecular formula is C22H20F3N3O3. The van der Waals surface area contributed by atoms with Gasteiger partial charge in [0.1, 0.15) is 11.3 Å². The van der Waals surface area contributed by atoms with E-state index in [2.05, 4.69) is 15.8 Å². The molecule has 0 fully saturated rings. The van der Waals surface area contributed by atoms with E-state index in [1.165, 1.54) is 18.3 Å². The smallest absolute Gasteiger partial charge is 0.416 e. The van der Waals surface area contributed by atoms with E-state index < -0.39 is 17.6 Å². The third-order valence-corrected chi connectivity index (χ3v) is 4.16. The predicted molar refractivity (Wildman–Crippen MR) is 111 cm³/mol. The number of halogens is 3. The van der Waals surface area contributed by atoms with Gasteiger partial charge in [-0.3, -0.25) is 4.79 Å². The van der Waals surface area contributed by atoms with Gasteiger partial charge in [0.2, 0.25) is 0 Å². The molecule has 1 heterocycles. The maximum absolute atomic E-state index is 12.8. The number of amides is 1. The number of carbonyl (C=O) groups is 1. The van der Waals surface area contributed by atoms with E-state index >= 15 is 0 Å². The highest BCUT2D eigenvalue weighted by Crippen LogP contribution is 2.30. The van der Waals surface area contributed by atoms with Crippen molar-refractivity contribution in [3.05, 3.63) is 77.8 Å². The SMILES string of the molecule is CCOc1ccc(N/C=C(\C(=O)Nc2ccc(C(F)(F)F)cc2)c2cc(C)no2)cc1. The average Bonchev–Trinajstić information content (AvgIpc) is 3.15. The molecule has 0 radical (unpaired) electrons. The lowest BCUT2D eigenvalue weighted by molar-refractivity contribution is -0.137. The number of alkyl halides is 3. The van der Waals surface area contributed by atoms with Crippen LogP contribution in [0.1, 0.15) is 23.9 Å². The number of aryl methyl sites for hydroxylation is 1. The van der Waals surface area contributed by atoms with Crippen LogP contribution in [0.15, 0.2) is 65.3 Å². The van der Waals surface area contributed by atoms with E-state index in [-0.39, 0.29) is 17.0 Å². The Balaban J connectivity index is 1.80. The summed E-state index contributed by atoms with van der Waals surface area (Å²) in [7, 11) is 0. The number of hydrogen-bond donors (Lipinski definition) is 2. The molecule has 9 heteroatoms. The van der Waals surface area contributed by atoms with Crippen molar-refractivity contribution in [1.29, 1.82) is 0 Å². The van der Waals surface area contributed by atoms with Crippen molar-refractivity contribution in [2.24, 2.45) is 0 Å². The molecule has 6 nitrogen and oxygen atoms in total. The zero-order valence-electron chi connectivity index (χ0n) is 16.8. The van der Waals surface area contributed by atoms with Crippen LogP contribution >= 0.6 is 0 Å². The summed E-state index contributed by atoms with van der Waals surface area (Å²) in [5, 5.41) is 9.36. The molecule has 0 aliphatic heterocycles. The number of benzene rings is 2. The Morgan fingerprint density at radius 3 is 2.29 bits per heavy atom. The van der Waals surface area contributed by atoms with Gasteiger partial charge in [0.05, 0.1) is 17.9 Å². The first-order valence-electron chi connectivity index (χ1n) is 9.38. The molecule has 0 aliphatic carbocycles. The number of rotatable bonds is 7. The zero-order chi connectivity index (χ0) is 22.4. The molecular weight excluding hydrogens is 411 g/mol. The van der Waals surface area contributed by atoms with Crippen LogP contribution in [0.25, 0.3) is 5.57 Å². The topological polar surface area (TPSA) is 76.4 Å². The van der Waals surface area contributed by atoms with Gasteiger partial charge >= 0.3 is 6.18 Å². The molecule has 2 aromatic carbocycles. The van der Waals surface area contributed by atoms with Crippen LogP contribution in [0.2, 0.25) is 0 Å². The molecule has 31 heavy (non-hydrogen) atoms. The number of aromatic nitrogens is 1. The van der Waals surface area contributed by atoms with E-state index in [0.29, 0.717) is 23.7 Å². The highest BCUT2D eigenvalue weighted by molar-refractivity contribution is 6.24. The summed E-state index contributed by atoms with van der Waals surface area (Å²) in [4.78, 5) is 12.8. The normalized spacial score (nSPS) is 11.8. The maximum Gasteiger partial charge on any atom is 0.416 e. The van der Waals surface area contributed by atoms with Crippen molar-refractivity contribution in [3.8, 4) is 5.75 Å². The molecule has 0 unspecified atom stereocenters. The van der Waals surface area contributed by atoms with Crippen LogP contribution in [0.3, 0.4) is 0 Å². The average molecular weight is 431 g/mol. The maximum atomic E-state index is 12.8. The molecule has 0 saturated heterocycles. The van der Waals surface area contributed by atoms with Gasteiger partial charge in [-0.05, 0) is 62.4 Å². The summed E-state index contributed by atoms with van der Waals surface area (Å²) < 4.78 is 48.8. The fourth-order valence-corrected chi connectivity index (χ4v) is 2.65. The Kier molecular flexibility index (Phi) is 6.64. The van der Waals surface area contributed by atoms with E-state index in [4.69, 9.17) is 9.26 Å². The summed E-state index contributed by atoms with van der Waals surface area (Å²) in [6.45, 7) is 4.14. The highest BCUT2D eigenvalue weighted by atomic mass is 19.4. The van der Waals surface area contributed by atoms with Crippen LogP contribution in [-0.2, 0) is 11.0 Å². The van der Waals surface area contributed by atoms with E-state index in [0.717, 1.165) is 12.1 Å². The summed E-state index contributed by atoms with van der Waals surface area (Å²) >= 11 is 0. The molecule has 0 saturated carbocycles. The fraction of sp³-hybridized carbons (Fsp3) is 0.182. The molecule has 3 aromatic rings. The Labute approximate surface area is 176 Å². The minimum absolute atomic E-state index is 0.120. The Bertz CT molecular complexity index is 1060. The van der Waals surface area contributed by atoms with Gasteiger partial charge in [-0.15, -0.1) is 0 Å². The Hall–Kier alpha value is -3.75. The standard InChI is InChI=1S/C22H20F3N3O3/c1-3-30-18-10-8-16(9-11-18)26-13-19(20-12-14(2)28-31-20)21(29)27-17-6-4-15(5-7-17)22(23,24)25/h4-13,26H,3H2,1-2H3,(H,27,29)/b19-13-. The number of nitrogens with zero attached hydrogens (tertiary/aromatic N) is 1. The molecule has 0 atom stereocenters. The molecule has 0 spiro atoms. The van der Waals surface area contributed by atoms with Crippen molar-refractivity contribution in [1.82, 2.24) is 5.16 Å². The lowest BCUT2D eigenvalue weighted by Gasteiger charge is -2.10. The Morgan fingerprint density at radius 2 is 1.74 bits per heavy atom. The third-order valence-electron chi connectivity index (χ3n) is 4.16. The van der Waals surface area contributed by atoms with Gasteiger partial charge in [0, 0.05) is 23.6 Å². The molecule has 0 aliphatic rings. The van der Waals surface area contributed by atoms with E-state index in [1.807, 2.05) is 6.92 Å². The number of carbonyl (C=O) groups excluding carboxylic acids is 1. The van der Waals surface area contributed by atoms with Gasteiger partial charge in [-0.25, -0.2) is 0 Å². The summed E-state index contributed by atoms with van der Waals surface area (Å²) in [5.74, 6) is 0.345. The van der Waals surface area contributed by atoms with Gasteiger partial charge < -0.3 is 19.9 Å². The van der Waals surface area contributed by atoms with Crippen molar-refractivity contribution in [2.75, 3.05) is 17.2 Å². The third kappa shape index (κ3) is 5.88. The first-order chi connectivity index (χ1) is 14.8. The summed E-state index contributed by atoms with van der Waals surface area (Å²) in [5.41, 5.74) is 0.795. The molecule has 2 N–H and O–H groups in total. The summed E-state index contributed by atoms with van der Waals surface area (Å²) in [6.07, 6.45) is -3.01. The summed E-state index contributed by atoms with van der Waals surface area (Å²) in [6, 6.07) is 12.9. The molecule has 1 amide bonds. The van der Waals surface area contributed by atoms with Crippen molar-refractivity contribution in [3.63, 3.8) is 0 Å². The van der Waals surface area contributed by atoms with E-state index in [1.54, 1.807) is 37.3 Å². The molecule has 0 bridgehead atoms. The van der Waals surface area contributed by atoms with Crippen LogP contribution in [0, 0.1) is 6.92 Å². The van der Waals surface area contributed by atoms with Crippen molar-refractivity contribution < 1.29 is 27.2 Å². The van der Waals surface area contributed by atoms with Gasteiger partial charge in [0.25, 0.3) is 5.91 Å². The van der Waals surface area contributed by atoms with Gasteiger partial charge in [0.15, 0.2) is 5.76 Å². The number of ether oxygens (including phenoxy) is 1.